The molecule has 0 saturated heterocycles. The second-order valence-electron chi connectivity index (χ2n) is 6.32. The molecule has 1 amide bonds. The van der Waals surface area contributed by atoms with Gasteiger partial charge >= 0.3 is 0 Å². The number of nitrogens with one attached hydrogen (secondary N) is 1. The van der Waals surface area contributed by atoms with Gasteiger partial charge in [0.25, 0.3) is 11.5 Å². The lowest BCUT2D eigenvalue weighted by Gasteiger charge is -2.18. The van der Waals surface area contributed by atoms with Gasteiger partial charge in [-0.15, -0.1) is 0 Å². The van der Waals surface area contributed by atoms with Crippen LogP contribution in [0.2, 0.25) is 0 Å². The third-order valence-electron chi connectivity index (χ3n) is 4.55. The first kappa shape index (κ1) is 16.4. The first-order valence-corrected chi connectivity index (χ1v) is 8.45. The van der Waals surface area contributed by atoms with Crippen LogP contribution >= 0.6 is 0 Å². The molecule has 0 radical (unpaired) electrons. The van der Waals surface area contributed by atoms with E-state index < -0.39 is 0 Å². The van der Waals surface area contributed by atoms with Gasteiger partial charge in [0.1, 0.15) is 0 Å². The van der Waals surface area contributed by atoms with Crippen LogP contribution in [0.3, 0.4) is 0 Å². The molecule has 2 aromatic rings. The summed E-state index contributed by atoms with van der Waals surface area (Å²) in [4.78, 5) is 24.9. The number of aryl methyl sites for hydroxylation is 1. The zero-order valence-electron chi connectivity index (χ0n) is 14.1. The maximum atomic E-state index is 12.5. The summed E-state index contributed by atoms with van der Waals surface area (Å²) >= 11 is 0. The van der Waals surface area contributed by atoms with E-state index in [0.717, 1.165) is 37.3 Å². The molecule has 1 aliphatic carbocycles. The number of hydrazone groups is 1. The highest BCUT2D eigenvalue weighted by Crippen LogP contribution is 2.21. The molecule has 1 aromatic carbocycles. The van der Waals surface area contributed by atoms with Crippen LogP contribution in [0.5, 0.6) is 0 Å². The number of carbonyl (C=O) groups excluding carboxylic acids is 1. The Kier molecular flexibility index (Phi) is 4.74. The molecule has 1 fully saturated rings. The van der Waals surface area contributed by atoms with Gasteiger partial charge in [-0.05, 0) is 44.6 Å². The van der Waals surface area contributed by atoms with Crippen LogP contribution in [0.25, 0.3) is 10.8 Å². The third kappa shape index (κ3) is 3.22. The van der Waals surface area contributed by atoms with Crippen molar-refractivity contribution in [2.75, 3.05) is 0 Å². The van der Waals surface area contributed by atoms with Gasteiger partial charge in [0, 0.05) is 17.6 Å². The molecule has 0 spiro atoms. The normalized spacial score (nSPS) is 17.8. The number of rotatable bonds is 3. The Morgan fingerprint density at radius 1 is 1.29 bits per heavy atom. The van der Waals surface area contributed by atoms with Gasteiger partial charge in [-0.2, -0.15) is 10.2 Å². The largest absolute Gasteiger partial charge is 0.292 e. The molecule has 1 N–H and O–H groups in total. The Labute approximate surface area is 140 Å². The average Bonchev–Trinajstić information content (AvgIpc) is 2.61. The third-order valence-corrected chi connectivity index (χ3v) is 4.55. The molecule has 6 nitrogen and oxygen atoms in total. The van der Waals surface area contributed by atoms with Gasteiger partial charge in [0.2, 0.25) is 0 Å². The predicted molar refractivity (Wildman–Crippen MR) is 94.2 cm³/mol. The Hall–Kier alpha value is -2.50. The number of nitrogens with zero attached hydrogens (tertiary/aromatic N) is 3. The predicted octanol–water partition coefficient (Wildman–Crippen LogP) is 2.71. The van der Waals surface area contributed by atoms with Crippen molar-refractivity contribution >= 4 is 22.4 Å². The Balaban J connectivity index is 1.91. The van der Waals surface area contributed by atoms with Crippen molar-refractivity contribution < 1.29 is 4.79 Å². The lowest BCUT2D eigenvalue weighted by molar-refractivity contribution is 0.0949. The summed E-state index contributed by atoms with van der Waals surface area (Å²) in [5.41, 5.74) is 3.69. The van der Waals surface area contributed by atoms with Crippen LogP contribution < -0.4 is 11.0 Å². The van der Waals surface area contributed by atoms with Gasteiger partial charge in [0.15, 0.2) is 5.69 Å². The van der Waals surface area contributed by atoms with E-state index in [1.54, 1.807) is 24.3 Å². The molecule has 1 aromatic heterocycles. The van der Waals surface area contributed by atoms with Crippen molar-refractivity contribution in [3.63, 3.8) is 0 Å². The first-order valence-electron chi connectivity index (χ1n) is 8.45. The maximum Gasteiger partial charge on any atom is 0.292 e. The van der Waals surface area contributed by atoms with Gasteiger partial charge in [-0.25, -0.2) is 10.1 Å². The van der Waals surface area contributed by atoms with E-state index in [1.807, 2.05) is 6.92 Å². The minimum absolute atomic E-state index is 0.183. The molecule has 1 aliphatic rings. The van der Waals surface area contributed by atoms with E-state index >= 15 is 0 Å². The maximum absolute atomic E-state index is 12.5. The van der Waals surface area contributed by atoms with Crippen molar-refractivity contribution in [2.45, 2.75) is 46.1 Å². The van der Waals surface area contributed by atoms with E-state index in [-0.39, 0.29) is 17.2 Å². The minimum Gasteiger partial charge on any atom is -0.267 e. The quantitative estimate of drug-likeness (QED) is 0.881. The number of hydrogen-bond donors (Lipinski definition) is 1. The molecule has 3 rings (SSSR count). The average molecular weight is 326 g/mol. The van der Waals surface area contributed by atoms with Crippen LogP contribution in [-0.2, 0) is 6.54 Å². The van der Waals surface area contributed by atoms with Crippen molar-refractivity contribution in [2.24, 2.45) is 11.0 Å². The van der Waals surface area contributed by atoms with Gasteiger partial charge in [0.05, 0.1) is 5.39 Å². The van der Waals surface area contributed by atoms with Crippen molar-refractivity contribution in [3.05, 3.63) is 40.3 Å². The summed E-state index contributed by atoms with van der Waals surface area (Å²) in [6.07, 6.45) is 4.06. The molecular weight excluding hydrogens is 304 g/mol. The molecule has 0 atom stereocenters. The van der Waals surface area contributed by atoms with Gasteiger partial charge < -0.3 is 0 Å². The fourth-order valence-corrected chi connectivity index (χ4v) is 3.01. The topological polar surface area (TPSA) is 76.3 Å². The van der Waals surface area contributed by atoms with Crippen molar-refractivity contribution in [1.82, 2.24) is 15.2 Å². The molecule has 126 valence electrons. The molecule has 0 bridgehead atoms. The zero-order chi connectivity index (χ0) is 17.1. The van der Waals surface area contributed by atoms with E-state index in [1.165, 1.54) is 4.68 Å². The van der Waals surface area contributed by atoms with Crippen LogP contribution in [0.15, 0.2) is 34.2 Å². The first-order chi connectivity index (χ1) is 11.6. The number of fused-ring (bicyclic) bond motifs is 1. The lowest BCUT2D eigenvalue weighted by Crippen LogP contribution is -2.29. The van der Waals surface area contributed by atoms with Crippen LogP contribution in [0.1, 0.15) is 50.0 Å². The summed E-state index contributed by atoms with van der Waals surface area (Å²) in [5, 5.41) is 9.54. The van der Waals surface area contributed by atoms with Crippen molar-refractivity contribution in [3.8, 4) is 0 Å². The number of carbonyl (C=O) groups is 1. The van der Waals surface area contributed by atoms with Crippen molar-refractivity contribution in [1.29, 1.82) is 0 Å². The Bertz CT molecular complexity index is 844. The smallest absolute Gasteiger partial charge is 0.267 e. The monoisotopic (exact) mass is 326 g/mol. The van der Waals surface area contributed by atoms with E-state index in [9.17, 15) is 9.59 Å². The molecule has 1 saturated carbocycles. The molecule has 0 unspecified atom stereocenters. The standard InChI is InChI=1S/C18H22N4O2/c1-3-22-18(24)15-7-5-4-6-14(15)16(21-22)17(23)20-19-13-10-8-12(2)9-11-13/h4-7,12H,3,8-11H2,1-2H3,(H,20,23). The molecule has 0 aliphatic heterocycles. The summed E-state index contributed by atoms with van der Waals surface area (Å²) in [6, 6.07) is 7.05. The van der Waals surface area contributed by atoms with Crippen LogP contribution in [0.4, 0.5) is 0 Å². The highest BCUT2D eigenvalue weighted by molar-refractivity contribution is 6.05. The summed E-state index contributed by atoms with van der Waals surface area (Å²) < 4.78 is 1.31. The number of hydrogen-bond acceptors (Lipinski definition) is 4. The van der Waals surface area contributed by atoms with Gasteiger partial charge in [-0.1, -0.05) is 25.1 Å². The second-order valence-corrected chi connectivity index (χ2v) is 6.32. The zero-order valence-corrected chi connectivity index (χ0v) is 14.1. The SMILES string of the molecule is CCn1nc(C(=O)NN=C2CCC(C)CC2)c2ccccc2c1=O. The number of aromatic nitrogens is 2. The summed E-state index contributed by atoms with van der Waals surface area (Å²) in [5.74, 6) is 0.345. The molecule has 24 heavy (non-hydrogen) atoms. The minimum atomic E-state index is -0.375. The summed E-state index contributed by atoms with van der Waals surface area (Å²) in [7, 11) is 0. The molecule has 6 heteroatoms. The number of benzene rings is 1. The lowest BCUT2D eigenvalue weighted by atomic mass is 9.90. The highest BCUT2D eigenvalue weighted by atomic mass is 16.2. The second kappa shape index (κ2) is 6.95. The molecular formula is C18H22N4O2. The molecule has 1 heterocycles. The van der Waals surface area contributed by atoms with Gasteiger partial charge in [-0.3, -0.25) is 9.59 Å². The van der Waals surface area contributed by atoms with E-state index in [2.05, 4.69) is 22.5 Å². The van der Waals surface area contributed by atoms with Crippen LogP contribution in [0, 0.1) is 5.92 Å². The highest BCUT2D eigenvalue weighted by Gasteiger charge is 2.17. The number of amides is 1. The fourth-order valence-electron chi connectivity index (χ4n) is 3.01. The van der Waals surface area contributed by atoms with Crippen LogP contribution in [-0.4, -0.2) is 21.4 Å². The Morgan fingerprint density at radius 3 is 2.62 bits per heavy atom. The van der Waals surface area contributed by atoms with E-state index in [0.29, 0.717) is 17.3 Å². The Morgan fingerprint density at radius 2 is 1.96 bits per heavy atom. The fraction of sp³-hybridized carbons (Fsp3) is 0.444. The summed E-state index contributed by atoms with van der Waals surface area (Å²) in [6.45, 7) is 4.48. The van der Waals surface area contributed by atoms with E-state index in [4.69, 9.17) is 0 Å².